The Labute approximate surface area is 298 Å². The van der Waals surface area contributed by atoms with Gasteiger partial charge < -0.3 is 44.4 Å². The second-order valence-electron chi connectivity index (χ2n) is 12.7. The van der Waals surface area contributed by atoms with E-state index in [9.17, 15) is 23.6 Å². The van der Waals surface area contributed by atoms with E-state index < -0.39 is 48.3 Å². The molecular formula is C37H50FN3O10. The van der Waals surface area contributed by atoms with E-state index in [1.807, 2.05) is 30.3 Å². The summed E-state index contributed by atoms with van der Waals surface area (Å²) < 4.78 is 47.6. The minimum Gasteiger partial charge on any atom is -0.464 e. The number of methoxy groups -OCH3 is 1. The minimum absolute atomic E-state index is 0.00303. The molecule has 2 aromatic carbocycles. The number of halogens is 1. The van der Waals surface area contributed by atoms with Gasteiger partial charge in [-0.15, -0.1) is 0 Å². The predicted molar refractivity (Wildman–Crippen MR) is 183 cm³/mol. The SMILES string of the molecule is CCOC(=O)[C@H](Cc1ccccc1)NC(=O)CC[C@@H]1C[C@@H](OC(=O)NCCc2ccc(F)cc2)C[C@@]2(CCC[C@H](COC(=O)NCCOC)O2)O1. The van der Waals surface area contributed by atoms with Crippen LogP contribution in [0.3, 0.4) is 0 Å². The molecule has 0 aromatic heterocycles. The van der Waals surface area contributed by atoms with E-state index >= 15 is 0 Å². The molecule has 2 heterocycles. The Morgan fingerprint density at radius 2 is 1.69 bits per heavy atom. The maximum Gasteiger partial charge on any atom is 0.407 e. The molecule has 0 aliphatic carbocycles. The van der Waals surface area contributed by atoms with Gasteiger partial charge in [-0.1, -0.05) is 42.5 Å². The third kappa shape index (κ3) is 13.8. The molecule has 4 rings (SSSR count). The number of esters is 1. The van der Waals surface area contributed by atoms with Crippen molar-refractivity contribution in [2.24, 2.45) is 0 Å². The van der Waals surface area contributed by atoms with Crippen molar-refractivity contribution in [3.05, 3.63) is 71.5 Å². The standard InChI is InChI=1S/C37H50FN3O10/c1-3-47-34(43)32(22-27-8-5-4-6-9-27)41-33(42)16-15-29-23-31(49-36(45)39-19-17-26-11-13-28(38)14-12-26)24-37(50-29)18-7-10-30(51-37)25-48-35(44)40-20-21-46-2/h4-6,8-9,11-14,29-32H,3,7,10,15-25H2,1-2H3,(H,39,45)(H,40,44)(H,41,42)/t29-,30-,31-,32+,37+/m1/s1. The smallest absolute Gasteiger partial charge is 0.407 e. The molecule has 0 radical (unpaired) electrons. The summed E-state index contributed by atoms with van der Waals surface area (Å²) >= 11 is 0. The fraction of sp³-hybridized carbons (Fsp3) is 0.568. The Hall–Kier alpha value is -4.27. The molecule has 2 saturated heterocycles. The number of hydrogen-bond acceptors (Lipinski definition) is 10. The van der Waals surface area contributed by atoms with E-state index in [-0.39, 0.29) is 57.2 Å². The van der Waals surface area contributed by atoms with Crippen molar-refractivity contribution < 1.29 is 52.0 Å². The fourth-order valence-electron chi connectivity index (χ4n) is 6.24. The highest BCUT2D eigenvalue weighted by molar-refractivity contribution is 5.84. The zero-order chi connectivity index (χ0) is 36.5. The van der Waals surface area contributed by atoms with Crippen LogP contribution in [0.15, 0.2) is 54.6 Å². The maximum atomic E-state index is 13.3. The van der Waals surface area contributed by atoms with Crippen molar-refractivity contribution in [2.75, 3.05) is 40.0 Å². The number of carbonyl (C=O) groups is 4. The Balaban J connectivity index is 1.37. The van der Waals surface area contributed by atoms with Crippen molar-refractivity contribution in [1.29, 1.82) is 0 Å². The molecule has 13 nitrogen and oxygen atoms in total. The summed E-state index contributed by atoms with van der Waals surface area (Å²) in [5, 5.41) is 8.18. The Bertz CT molecular complexity index is 1400. The van der Waals surface area contributed by atoms with Gasteiger partial charge in [0.1, 0.15) is 24.6 Å². The molecule has 5 atom stereocenters. The number of rotatable bonds is 17. The van der Waals surface area contributed by atoms with Gasteiger partial charge in [0, 0.05) is 52.3 Å². The molecule has 2 aliphatic heterocycles. The van der Waals surface area contributed by atoms with Crippen LogP contribution in [-0.2, 0) is 50.9 Å². The number of amides is 3. The third-order valence-electron chi connectivity index (χ3n) is 8.64. The molecule has 14 heteroatoms. The normalized spacial score (nSPS) is 22.0. The zero-order valence-corrected chi connectivity index (χ0v) is 29.4. The zero-order valence-electron chi connectivity index (χ0n) is 29.4. The quantitative estimate of drug-likeness (QED) is 0.122. The van der Waals surface area contributed by atoms with Crippen molar-refractivity contribution in [3.63, 3.8) is 0 Å². The molecule has 1 spiro atoms. The average Bonchev–Trinajstić information content (AvgIpc) is 3.11. The topological polar surface area (TPSA) is 160 Å². The monoisotopic (exact) mass is 715 g/mol. The van der Waals surface area contributed by atoms with Crippen molar-refractivity contribution in [1.82, 2.24) is 16.0 Å². The predicted octanol–water partition coefficient (Wildman–Crippen LogP) is 4.35. The number of ether oxygens (including phenoxy) is 6. The summed E-state index contributed by atoms with van der Waals surface area (Å²) in [5.74, 6) is -2.32. The van der Waals surface area contributed by atoms with Gasteiger partial charge in [-0.25, -0.2) is 18.8 Å². The van der Waals surface area contributed by atoms with Crippen LogP contribution in [0.5, 0.6) is 0 Å². The van der Waals surface area contributed by atoms with Crippen LogP contribution in [-0.4, -0.2) is 94.2 Å². The number of hydrogen-bond donors (Lipinski definition) is 3. The van der Waals surface area contributed by atoms with Crippen LogP contribution in [0.25, 0.3) is 0 Å². The highest BCUT2D eigenvalue weighted by Crippen LogP contribution is 2.41. The molecule has 0 unspecified atom stereocenters. The van der Waals surface area contributed by atoms with Crippen LogP contribution in [0.2, 0.25) is 0 Å². The summed E-state index contributed by atoms with van der Waals surface area (Å²) in [7, 11) is 1.53. The number of nitrogens with one attached hydrogen (secondary N) is 3. The van der Waals surface area contributed by atoms with E-state index in [1.54, 1.807) is 19.1 Å². The minimum atomic E-state index is -1.13. The first-order chi connectivity index (χ1) is 24.7. The average molecular weight is 716 g/mol. The molecule has 2 aromatic rings. The molecule has 2 aliphatic rings. The summed E-state index contributed by atoms with van der Waals surface area (Å²) in [5.41, 5.74) is 1.75. The Kier molecular flexibility index (Phi) is 15.9. The first-order valence-electron chi connectivity index (χ1n) is 17.6. The molecule has 0 saturated carbocycles. The largest absolute Gasteiger partial charge is 0.464 e. The van der Waals surface area contributed by atoms with Gasteiger partial charge in [-0.3, -0.25) is 4.79 Å². The van der Waals surface area contributed by atoms with Crippen molar-refractivity contribution >= 4 is 24.1 Å². The van der Waals surface area contributed by atoms with Crippen molar-refractivity contribution in [3.8, 4) is 0 Å². The highest BCUT2D eigenvalue weighted by atomic mass is 19.1. The number of carbonyl (C=O) groups excluding carboxylic acids is 4. The molecule has 2 fully saturated rings. The summed E-state index contributed by atoms with van der Waals surface area (Å²) in [6.45, 7) is 2.84. The van der Waals surface area contributed by atoms with Crippen LogP contribution in [0.4, 0.5) is 14.0 Å². The molecule has 0 bridgehead atoms. The summed E-state index contributed by atoms with van der Waals surface area (Å²) in [6.07, 6.45) is 0.735. The Morgan fingerprint density at radius 1 is 0.941 bits per heavy atom. The van der Waals surface area contributed by atoms with E-state index in [4.69, 9.17) is 28.4 Å². The van der Waals surface area contributed by atoms with Crippen LogP contribution in [0, 0.1) is 5.82 Å². The lowest BCUT2D eigenvalue weighted by molar-refractivity contribution is -0.329. The van der Waals surface area contributed by atoms with Crippen LogP contribution >= 0.6 is 0 Å². The van der Waals surface area contributed by atoms with Gasteiger partial charge in [0.15, 0.2) is 5.79 Å². The maximum absolute atomic E-state index is 13.3. The van der Waals surface area contributed by atoms with Crippen LogP contribution < -0.4 is 16.0 Å². The fourth-order valence-corrected chi connectivity index (χ4v) is 6.24. The van der Waals surface area contributed by atoms with Gasteiger partial charge in [0.05, 0.1) is 25.4 Å². The van der Waals surface area contributed by atoms with Crippen LogP contribution in [0.1, 0.15) is 63.0 Å². The second kappa shape index (κ2) is 20.5. The third-order valence-corrected chi connectivity index (χ3v) is 8.64. The first kappa shape index (κ1) is 39.5. The summed E-state index contributed by atoms with van der Waals surface area (Å²) in [6, 6.07) is 14.5. The van der Waals surface area contributed by atoms with Gasteiger partial charge >= 0.3 is 18.2 Å². The lowest BCUT2D eigenvalue weighted by atomic mass is 9.90. The summed E-state index contributed by atoms with van der Waals surface area (Å²) in [4.78, 5) is 50.9. The molecule has 3 N–H and O–H groups in total. The molecule has 51 heavy (non-hydrogen) atoms. The second-order valence-corrected chi connectivity index (χ2v) is 12.7. The van der Waals surface area contributed by atoms with E-state index in [1.165, 1.54) is 19.2 Å². The number of benzene rings is 2. The number of alkyl carbamates (subject to hydrolysis) is 2. The van der Waals surface area contributed by atoms with Gasteiger partial charge in [-0.2, -0.15) is 0 Å². The molecule has 3 amide bonds. The van der Waals surface area contributed by atoms with E-state index in [0.717, 1.165) is 11.1 Å². The van der Waals surface area contributed by atoms with Gasteiger partial charge in [0.25, 0.3) is 0 Å². The molecular weight excluding hydrogens is 665 g/mol. The lowest BCUT2D eigenvalue weighted by Crippen LogP contribution is -2.54. The van der Waals surface area contributed by atoms with E-state index in [0.29, 0.717) is 45.3 Å². The lowest BCUT2D eigenvalue weighted by Gasteiger charge is -2.47. The Morgan fingerprint density at radius 3 is 2.43 bits per heavy atom. The highest BCUT2D eigenvalue weighted by Gasteiger charge is 2.47. The molecule has 280 valence electrons. The van der Waals surface area contributed by atoms with Gasteiger partial charge in [-0.05, 0) is 55.9 Å². The van der Waals surface area contributed by atoms with Gasteiger partial charge in [0.2, 0.25) is 5.91 Å². The van der Waals surface area contributed by atoms with E-state index in [2.05, 4.69) is 16.0 Å². The van der Waals surface area contributed by atoms with Crippen molar-refractivity contribution in [2.45, 2.75) is 94.9 Å². The first-order valence-corrected chi connectivity index (χ1v) is 17.6.